The molecule has 5 heteroatoms. The molecule has 0 aliphatic rings. The van der Waals surface area contributed by atoms with Gasteiger partial charge in [0.05, 0.1) is 33.5 Å². The highest BCUT2D eigenvalue weighted by Gasteiger charge is 1.80. The van der Waals surface area contributed by atoms with Crippen LogP contribution in [0.4, 0.5) is 0 Å². The van der Waals surface area contributed by atoms with Crippen LogP contribution in [-0.4, -0.2) is 54.0 Å². The number of methoxy groups -OCH3 is 1. The molecule has 1 aromatic carbocycles. The minimum Gasteiger partial charge on any atom is -0.497 e. The minimum absolute atomic E-state index is 0.125. The Morgan fingerprint density at radius 2 is 1.19 bits per heavy atom. The van der Waals surface area contributed by atoms with E-state index < -0.39 is 0 Å². The van der Waals surface area contributed by atoms with Crippen LogP contribution in [0.3, 0.4) is 0 Å². The van der Waals surface area contributed by atoms with E-state index >= 15 is 0 Å². The lowest BCUT2D eigenvalue weighted by atomic mass is 10.3. The maximum absolute atomic E-state index is 7.62. The Morgan fingerprint density at radius 1 is 0.812 bits per heavy atom. The zero-order valence-corrected chi connectivity index (χ0v) is 9.41. The van der Waals surface area contributed by atoms with Crippen molar-refractivity contribution in [3.8, 4) is 5.75 Å². The van der Waals surface area contributed by atoms with Crippen LogP contribution in [0.2, 0.25) is 0 Å². The fourth-order valence-corrected chi connectivity index (χ4v) is 0.557. The summed E-state index contributed by atoms with van der Waals surface area (Å²) in [5, 5.41) is 30.5. The second-order valence-corrected chi connectivity index (χ2v) is 2.41. The molecule has 0 saturated heterocycles. The molecule has 0 amide bonds. The molecule has 1 rings (SSSR count). The summed E-state index contributed by atoms with van der Waals surface area (Å²) in [5.41, 5.74) is 0. The minimum atomic E-state index is -0.125. The molecule has 0 aliphatic carbocycles. The van der Waals surface area contributed by atoms with Gasteiger partial charge in [-0.15, -0.1) is 0 Å². The van der Waals surface area contributed by atoms with E-state index in [4.69, 9.17) is 25.2 Å². The van der Waals surface area contributed by atoms with Gasteiger partial charge in [0.2, 0.25) is 0 Å². The monoisotopic (exact) mass is 232 g/mol. The van der Waals surface area contributed by atoms with Gasteiger partial charge in [-0.2, -0.15) is 0 Å². The molecule has 94 valence electrons. The summed E-state index contributed by atoms with van der Waals surface area (Å²) in [6, 6.07) is 9.68. The first kappa shape index (κ1) is 17.3. The lowest BCUT2D eigenvalue weighted by Crippen LogP contribution is -1.85. The quantitative estimate of drug-likeness (QED) is 0.571. The molecule has 0 aromatic heterocycles. The summed E-state index contributed by atoms with van der Waals surface area (Å²) < 4.78 is 4.91. The number of aliphatic hydroxyl groups excluding tert-OH is 4. The van der Waals surface area contributed by atoms with E-state index in [2.05, 4.69) is 0 Å². The van der Waals surface area contributed by atoms with E-state index in [1.807, 2.05) is 30.3 Å². The van der Waals surface area contributed by atoms with Crippen molar-refractivity contribution in [2.24, 2.45) is 0 Å². The van der Waals surface area contributed by atoms with Crippen molar-refractivity contribution in [3.05, 3.63) is 30.3 Å². The van der Waals surface area contributed by atoms with Gasteiger partial charge in [-0.05, 0) is 12.1 Å². The van der Waals surface area contributed by atoms with Crippen molar-refractivity contribution < 1.29 is 25.2 Å². The molecule has 0 radical (unpaired) electrons. The van der Waals surface area contributed by atoms with Gasteiger partial charge in [0.15, 0.2) is 0 Å². The third kappa shape index (κ3) is 15.3. The molecule has 0 bridgehead atoms. The van der Waals surface area contributed by atoms with Crippen LogP contribution in [0.15, 0.2) is 30.3 Å². The number of hydrogen-bond donors (Lipinski definition) is 4. The maximum atomic E-state index is 7.62. The van der Waals surface area contributed by atoms with Gasteiger partial charge in [0, 0.05) is 0 Å². The van der Waals surface area contributed by atoms with Crippen LogP contribution in [0, 0.1) is 0 Å². The highest BCUT2D eigenvalue weighted by atomic mass is 16.5. The SMILES string of the molecule is COc1ccccc1.OCCO.OCCO. The average Bonchev–Trinajstić information content (AvgIpc) is 2.40. The number of ether oxygens (including phenoxy) is 1. The van der Waals surface area contributed by atoms with Gasteiger partial charge in [-0.1, -0.05) is 18.2 Å². The maximum Gasteiger partial charge on any atom is 0.118 e. The van der Waals surface area contributed by atoms with Crippen molar-refractivity contribution in [3.63, 3.8) is 0 Å². The van der Waals surface area contributed by atoms with Gasteiger partial charge in [0.1, 0.15) is 5.75 Å². The van der Waals surface area contributed by atoms with Gasteiger partial charge >= 0.3 is 0 Å². The molecule has 0 heterocycles. The molecule has 0 atom stereocenters. The summed E-state index contributed by atoms with van der Waals surface area (Å²) in [6.07, 6.45) is 0. The summed E-state index contributed by atoms with van der Waals surface area (Å²) in [4.78, 5) is 0. The molecule has 0 aliphatic heterocycles. The van der Waals surface area contributed by atoms with E-state index in [-0.39, 0.29) is 26.4 Å². The van der Waals surface area contributed by atoms with Gasteiger partial charge in [-0.3, -0.25) is 0 Å². The third-order valence-corrected chi connectivity index (χ3v) is 1.18. The summed E-state index contributed by atoms with van der Waals surface area (Å²) in [5.74, 6) is 0.910. The zero-order chi connectivity index (χ0) is 12.6. The van der Waals surface area contributed by atoms with Crippen molar-refractivity contribution in [1.82, 2.24) is 0 Å². The molecular formula is C11H20O5. The summed E-state index contributed by atoms with van der Waals surface area (Å²) >= 11 is 0. The molecule has 4 N–H and O–H groups in total. The summed E-state index contributed by atoms with van der Waals surface area (Å²) in [7, 11) is 1.66. The molecule has 0 unspecified atom stereocenters. The van der Waals surface area contributed by atoms with Crippen LogP contribution in [0.25, 0.3) is 0 Å². The third-order valence-electron chi connectivity index (χ3n) is 1.18. The van der Waals surface area contributed by atoms with Gasteiger partial charge < -0.3 is 25.2 Å². The first-order chi connectivity index (χ1) is 7.76. The van der Waals surface area contributed by atoms with Crippen molar-refractivity contribution in [2.75, 3.05) is 33.5 Å². The Kier molecular flexibility index (Phi) is 17.6. The molecule has 0 saturated carbocycles. The highest BCUT2D eigenvalue weighted by molar-refractivity contribution is 5.20. The smallest absolute Gasteiger partial charge is 0.118 e. The predicted molar refractivity (Wildman–Crippen MR) is 61.3 cm³/mol. The number of hydrogen-bond acceptors (Lipinski definition) is 5. The molecule has 0 spiro atoms. The second kappa shape index (κ2) is 16.3. The van der Waals surface area contributed by atoms with Crippen LogP contribution < -0.4 is 4.74 Å². The molecule has 1 aromatic rings. The standard InChI is InChI=1S/C7H8O.2C2H6O2/c1-8-7-5-3-2-4-6-7;2*3-1-2-4/h2-6H,1H3;2*3-4H,1-2H2. The van der Waals surface area contributed by atoms with Crippen LogP contribution in [0.1, 0.15) is 0 Å². The lowest BCUT2D eigenvalue weighted by molar-refractivity contribution is 0.186. The van der Waals surface area contributed by atoms with Crippen molar-refractivity contribution in [1.29, 1.82) is 0 Å². The van der Waals surface area contributed by atoms with Gasteiger partial charge in [-0.25, -0.2) is 0 Å². The Hall–Kier alpha value is -1.14. The number of rotatable bonds is 3. The Balaban J connectivity index is 0. The van der Waals surface area contributed by atoms with E-state index in [0.29, 0.717) is 0 Å². The normalized spacial score (nSPS) is 8.06. The van der Waals surface area contributed by atoms with Crippen molar-refractivity contribution in [2.45, 2.75) is 0 Å². The van der Waals surface area contributed by atoms with Crippen LogP contribution in [-0.2, 0) is 0 Å². The first-order valence-corrected chi connectivity index (χ1v) is 4.79. The van der Waals surface area contributed by atoms with E-state index in [0.717, 1.165) is 5.75 Å². The topological polar surface area (TPSA) is 90.2 Å². The van der Waals surface area contributed by atoms with E-state index in [9.17, 15) is 0 Å². The largest absolute Gasteiger partial charge is 0.497 e. The average molecular weight is 232 g/mol. The van der Waals surface area contributed by atoms with Crippen molar-refractivity contribution >= 4 is 0 Å². The number of aliphatic hydroxyl groups is 4. The number of para-hydroxylation sites is 1. The molecule has 0 fully saturated rings. The Labute approximate surface area is 95.6 Å². The Bertz CT molecular complexity index is 195. The first-order valence-electron chi connectivity index (χ1n) is 4.79. The highest BCUT2D eigenvalue weighted by Crippen LogP contribution is 2.05. The molecule has 16 heavy (non-hydrogen) atoms. The summed E-state index contributed by atoms with van der Waals surface area (Å²) in [6.45, 7) is -0.500. The zero-order valence-electron chi connectivity index (χ0n) is 9.41. The fraction of sp³-hybridized carbons (Fsp3) is 0.455. The van der Waals surface area contributed by atoms with Gasteiger partial charge in [0.25, 0.3) is 0 Å². The predicted octanol–water partition coefficient (Wildman–Crippen LogP) is -0.363. The second-order valence-electron chi connectivity index (χ2n) is 2.41. The molecular weight excluding hydrogens is 212 g/mol. The lowest BCUT2D eigenvalue weighted by Gasteiger charge is -1.93. The number of benzene rings is 1. The molecule has 5 nitrogen and oxygen atoms in total. The van der Waals surface area contributed by atoms with E-state index in [1.165, 1.54) is 0 Å². The van der Waals surface area contributed by atoms with Crippen LogP contribution >= 0.6 is 0 Å². The van der Waals surface area contributed by atoms with E-state index in [1.54, 1.807) is 7.11 Å². The fourth-order valence-electron chi connectivity index (χ4n) is 0.557. The van der Waals surface area contributed by atoms with Crippen LogP contribution in [0.5, 0.6) is 5.75 Å². The Morgan fingerprint density at radius 3 is 1.38 bits per heavy atom.